The molecule has 0 aliphatic rings. The maximum atomic E-state index is 12.1. The Labute approximate surface area is 157 Å². The van der Waals surface area contributed by atoms with Gasteiger partial charge in [-0.25, -0.2) is 9.59 Å². The third-order valence-corrected chi connectivity index (χ3v) is 5.44. The standard InChI is InChI=1S/C17H12ClN3O4S/c1-24-16(22)14-13(20)8(6-19)7-21(14)9-3-4-10-11(5-9)26-15(12(10)18)17(23)25-2/h3-5,7H,20H2,1-2H3. The number of halogens is 1. The maximum Gasteiger partial charge on any atom is 0.357 e. The van der Waals surface area contributed by atoms with Crippen molar-refractivity contribution in [3.63, 3.8) is 0 Å². The van der Waals surface area contributed by atoms with Crippen molar-refractivity contribution in [2.45, 2.75) is 0 Å². The van der Waals surface area contributed by atoms with Gasteiger partial charge in [-0.15, -0.1) is 11.3 Å². The predicted octanol–water partition coefficient (Wildman–Crippen LogP) is 3.37. The van der Waals surface area contributed by atoms with Gasteiger partial charge in [0.1, 0.15) is 10.9 Å². The van der Waals surface area contributed by atoms with Crippen LogP contribution in [0.2, 0.25) is 5.02 Å². The SMILES string of the molecule is COC(=O)c1sc2cc(-n3cc(C#N)c(N)c3C(=O)OC)ccc2c1Cl. The molecule has 0 spiro atoms. The van der Waals surface area contributed by atoms with E-state index in [9.17, 15) is 14.9 Å². The Morgan fingerprint density at radius 2 is 1.96 bits per heavy atom. The first kappa shape index (κ1) is 17.8. The van der Waals surface area contributed by atoms with E-state index in [1.54, 1.807) is 18.2 Å². The number of nitrogen functional groups attached to an aromatic ring is 1. The number of carbonyl (C=O) groups is 2. The lowest BCUT2D eigenvalue weighted by atomic mass is 10.2. The van der Waals surface area contributed by atoms with Crippen molar-refractivity contribution in [3.05, 3.63) is 45.6 Å². The lowest BCUT2D eigenvalue weighted by Gasteiger charge is -2.08. The van der Waals surface area contributed by atoms with Crippen LogP contribution in [-0.2, 0) is 9.47 Å². The number of ether oxygens (including phenoxy) is 2. The quantitative estimate of drug-likeness (QED) is 0.688. The topological polar surface area (TPSA) is 107 Å². The van der Waals surface area contributed by atoms with Crippen molar-refractivity contribution in [1.29, 1.82) is 5.26 Å². The molecule has 0 atom stereocenters. The Morgan fingerprint density at radius 3 is 2.58 bits per heavy atom. The molecule has 3 rings (SSSR count). The summed E-state index contributed by atoms with van der Waals surface area (Å²) in [6.45, 7) is 0. The molecule has 0 bridgehead atoms. The molecule has 2 heterocycles. The highest BCUT2D eigenvalue weighted by molar-refractivity contribution is 7.21. The smallest absolute Gasteiger partial charge is 0.357 e. The molecule has 7 nitrogen and oxygen atoms in total. The van der Waals surface area contributed by atoms with E-state index in [1.807, 2.05) is 6.07 Å². The number of esters is 2. The highest BCUT2D eigenvalue weighted by atomic mass is 35.5. The highest BCUT2D eigenvalue weighted by Gasteiger charge is 2.23. The number of rotatable bonds is 3. The minimum atomic E-state index is -0.663. The molecule has 3 aromatic rings. The lowest BCUT2D eigenvalue weighted by molar-refractivity contribution is 0.0588. The molecular formula is C17H12ClN3O4S. The van der Waals surface area contributed by atoms with Gasteiger partial charge < -0.3 is 19.8 Å². The fourth-order valence-electron chi connectivity index (χ4n) is 2.55. The monoisotopic (exact) mass is 389 g/mol. The minimum absolute atomic E-state index is 0.0407. The van der Waals surface area contributed by atoms with Crippen molar-refractivity contribution in [2.24, 2.45) is 0 Å². The first-order valence-corrected chi connectivity index (χ1v) is 8.42. The zero-order valence-corrected chi connectivity index (χ0v) is 15.3. The van der Waals surface area contributed by atoms with E-state index in [1.165, 1.54) is 36.3 Å². The Hall–Kier alpha value is -3.02. The second kappa shape index (κ2) is 6.71. The van der Waals surface area contributed by atoms with E-state index in [0.717, 1.165) is 4.70 Å². The summed E-state index contributed by atoms with van der Waals surface area (Å²) in [5.74, 6) is -1.19. The predicted molar refractivity (Wildman–Crippen MR) is 98.0 cm³/mol. The van der Waals surface area contributed by atoms with E-state index in [0.29, 0.717) is 21.0 Å². The normalized spacial score (nSPS) is 10.5. The summed E-state index contributed by atoms with van der Waals surface area (Å²) in [6.07, 6.45) is 1.46. The molecule has 2 N–H and O–H groups in total. The molecule has 132 valence electrons. The first-order chi connectivity index (χ1) is 12.4. The second-order valence-corrected chi connectivity index (χ2v) is 6.63. The van der Waals surface area contributed by atoms with Crippen molar-refractivity contribution in [1.82, 2.24) is 4.57 Å². The molecule has 0 amide bonds. The van der Waals surface area contributed by atoms with Crippen LogP contribution in [0.1, 0.15) is 25.7 Å². The minimum Gasteiger partial charge on any atom is -0.465 e. The number of methoxy groups -OCH3 is 2. The van der Waals surface area contributed by atoms with Gasteiger partial charge in [0.25, 0.3) is 0 Å². The maximum absolute atomic E-state index is 12.1. The summed E-state index contributed by atoms with van der Waals surface area (Å²) < 4.78 is 11.7. The number of nitrogens with zero attached hydrogens (tertiary/aromatic N) is 2. The van der Waals surface area contributed by atoms with Crippen molar-refractivity contribution < 1.29 is 19.1 Å². The van der Waals surface area contributed by atoms with E-state index in [-0.39, 0.29) is 16.9 Å². The highest BCUT2D eigenvalue weighted by Crippen LogP contribution is 2.37. The third-order valence-electron chi connectivity index (χ3n) is 3.81. The van der Waals surface area contributed by atoms with Crippen molar-refractivity contribution in [2.75, 3.05) is 20.0 Å². The number of thiophene rings is 1. The number of nitrogens with two attached hydrogens (primary N) is 1. The van der Waals surface area contributed by atoms with Crippen molar-refractivity contribution in [3.8, 4) is 11.8 Å². The van der Waals surface area contributed by atoms with E-state index < -0.39 is 11.9 Å². The molecular weight excluding hydrogens is 378 g/mol. The molecule has 0 unspecified atom stereocenters. The van der Waals surface area contributed by atoms with E-state index in [4.69, 9.17) is 26.8 Å². The summed E-state index contributed by atoms with van der Waals surface area (Å²) in [4.78, 5) is 24.2. The van der Waals surface area contributed by atoms with Crippen LogP contribution in [0.15, 0.2) is 24.4 Å². The summed E-state index contributed by atoms with van der Waals surface area (Å²) in [7, 11) is 2.51. The summed E-state index contributed by atoms with van der Waals surface area (Å²) in [5.41, 5.74) is 6.73. The molecule has 0 saturated heterocycles. The molecule has 0 fully saturated rings. The van der Waals surface area contributed by atoms with Gasteiger partial charge in [0.15, 0.2) is 5.69 Å². The Bertz CT molecular complexity index is 1090. The number of fused-ring (bicyclic) bond motifs is 1. The van der Waals surface area contributed by atoms with Gasteiger partial charge in [-0.1, -0.05) is 11.6 Å². The van der Waals surface area contributed by atoms with Crippen LogP contribution in [-0.4, -0.2) is 30.7 Å². The number of nitriles is 1. The van der Waals surface area contributed by atoms with Crippen LogP contribution in [0.5, 0.6) is 0 Å². The molecule has 0 radical (unpaired) electrons. The number of anilines is 1. The van der Waals surface area contributed by atoms with Crippen LogP contribution in [0.25, 0.3) is 15.8 Å². The Kier molecular flexibility index (Phi) is 4.59. The number of hydrogen-bond donors (Lipinski definition) is 1. The van der Waals surface area contributed by atoms with Gasteiger partial charge in [-0.3, -0.25) is 0 Å². The van der Waals surface area contributed by atoms with Gasteiger partial charge in [0.05, 0.1) is 30.5 Å². The summed E-state index contributed by atoms with van der Waals surface area (Å²) in [5, 5.41) is 10.2. The van der Waals surface area contributed by atoms with Gasteiger partial charge in [0.2, 0.25) is 0 Å². The molecule has 26 heavy (non-hydrogen) atoms. The molecule has 0 aliphatic carbocycles. The number of hydrogen-bond acceptors (Lipinski definition) is 7. The van der Waals surface area contributed by atoms with Gasteiger partial charge in [0, 0.05) is 22.0 Å². The summed E-state index contributed by atoms with van der Waals surface area (Å²) in [6, 6.07) is 7.11. The third kappa shape index (κ3) is 2.67. The van der Waals surface area contributed by atoms with Crippen LogP contribution in [0, 0.1) is 11.3 Å². The van der Waals surface area contributed by atoms with Crippen LogP contribution in [0.3, 0.4) is 0 Å². The Balaban J connectivity index is 2.22. The fourth-order valence-corrected chi connectivity index (χ4v) is 4.01. The molecule has 2 aromatic heterocycles. The average molecular weight is 390 g/mol. The fraction of sp³-hybridized carbons (Fsp3) is 0.118. The van der Waals surface area contributed by atoms with Crippen LogP contribution in [0.4, 0.5) is 5.69 Å². The van der Waals surface area contributed by atoms with Crippen LogP contribution >= 0.6 is 22.9 Å². The van der Waals surface area contributed by atoms with Gasteiger partial charge in [-0.05, 0) is 18.2 Å². The molecule has 0 saturated carbocycles. The number of aromatic nitrogens is 1. The number of benzene rings is 1. The first-order valence-electron chi connectivity index (χ1n) is 7.22. The zero-order valence-electron chi connectivity index (χ0n) is 13.7. The van der Waals surface area contributed by atoms with E-state index in [2.05, 4.69) is 0 Å². The van der Waals surface area contributed by atoms with Gasteiger partial charge >= 0.3 is 11.9 Å². The number of carbonyl (C=O) groups excluding carboxylic acids is 2. The largest absolute Gasteiger partial charge is 0.465 e. The second-order valence-electron chi connectivity index (χ2n) is 5.20. The van der Waals surface area contributed by atoms with Gasteiger partial charge in [-0.2, -0.15) is 5.26 Å². The lowest BCUT2D eigenvalue weighted by Crippen LogP contribution is -2.11. The molecule has 0 aliphatic heterocycles. The van der Waals surface area contributed by atoms with E-state index >= 15 is 0 Å². The average Bonchev–Trinajstić information content (AvgIpc) is 3.17. The molecule has 1 aromatic carbocycles. The Morgan fingerprint density at radius 1 is 1.27 bits per heavy atom. The van der Waals surface area contributed by atoms with Crippen LogP contribution < -0.4 is 5.73 Å². The zero-order chi connectivity index (χ0) is 19.0. The summed E-state index contributed by atoms with van der Waals surface area (Å²) >= 11 is 7.42. The van der Waals surface area contributed by atoms with Crippen molar-refractivity contribution >= 4 is 50.6 Å². The molecule has 9 heteroatoms.